The number of hydrogen-bond donors (Lipinski definition) is 0. The SMILES string of the molecule is CC(=O)OCC(CCON=C1CN(c2ncc(-c3cccc(CO[Si](C)(C)C(C)(C)C)c3F)cn2)C1)OC(C)=O. The first kappa shape index (κ1) is 31.1. The Bertz CT molecular complexity index is 1210. The maximum atomic E-state index is 15.3. The van der Waals surface area contributed by atoms with Gasteiger partial charge in [0.05, 0.1) is 25.4 Å². The zero-order valence-electron chi connectivity index (χ0n) is 24.3. The van der Waals surface area contributed by atoms with E-state index < -0.39 is 26.4 Å². The molecule has 218 valence electrons. The van der Waals surface area contributed by atoms with Crippen LogP contribution in [0.25, 0.3) is 11.1 Å². The molecule has 2 heterocycles. The normalized spacial score (nSPS) is 14.3. The molecule has 1 atom stereocenters. The van der Waals surface area contributed by atoms with Crippen LogP contribution in [0.1, 0.15) is 46.6 Å². The molecule has 1 aliphatic heterocycles. The molecule has 0 saturated carbocycles. The second kappa shape index (κ2) is 13.3. The van der Waals surface area contributed by atoms with Crippen molar-refractivity contribution in [3.63, 3.8) is 0 Å². The summed E-state index contributed by atoms with van der Waals surface area (Å²) in [4.78, 5) is 38.3. The molecular weight excluding hydrogens is 535 g/mol. The van der Waals surface area contributed by atoms with E-state index in [1.807, 2.05) is 11.0 Å². The molecule has 12 heteroatoms. The minimum Gasteiger partial charge on any atom is -0.462 e. The van der Waals surface area contributed by atoms with Gasteiger partial charge in [-0.2, -0.15) is 0 Å². The lowest BCUT2D eigenvalue weighted by Gasteiger charge is -2.36. The number of oxime groups is 1. The molecule has 1 aromatic heterocycles. The fourth-order valence-electron chi connectivity index (χ4n) is 3.55. The quantitative estimate of drug-likeness (QED) is 0.151. The second-order valence-electron chi connectivity index (χ2n) is 11.3. The number of ether oxygens (including phenoxy) is 2. The van der Waals surface area contributed by atoms with Crippen molar-refractivity contribution in [2.24, 2.45) is 5.16 Å². The number of carbonyl (C=O) groups excluding carboxylic acids is 2. The molecule has 1 unspecified atom stereocenters. The van der Waals surface area contributed by atoms with Crippen LogP contribution in [0.3, 0.4) is 0 Å². The average Bonchev–Trinajstić information content (AvgIpc) is 2.84. The molecule has 40 heavy (non-hydrogen) atoms. The van der Waals surface area contributed by atoms with Gasteiger partial charge in [-0.05, 0) is 18.1 Å². The minimum atomic E-state index is -2.01. The molecule has 2 aromatic rings. The summed E-state index contributed by atoms with van der Waals surface area (Å²) in [5.41, 5.74) is 2.34. The van der Waals surface area contributed by atoms with E-state index >= 15 is 4.39 Å². The zero-order valence-corrected chi connectivity index (χ0v) is 25.3. The molecule has 1 saturated heterocycles. The van der Waals surface area contributed by atoms with Crippen molar-refractivity contribution in [3.05, 3.63) is 42.0 Å². The fraction of sp³-hybridized carbons (Fsp3) is 0.536. The van der Waals surface area contributed by atoms with Crippen LogP contribution >= 0.6 is 0 Å². The molecule has 0 N–H and O–H groups in total. The number of benzene rings is 1. The van der Waals surface area contributed by atoms with Crippen molar-refractivity contribution in [2.75, 3.05) is 31.2 Å². The molecule has 0 aliphatic carbocycles. The number of esters is 2. The highest BCUT2D eigenvalue weighted by atomic mass is 28.4. The minimum absolute atomic E-state index is 0.0329. The number of anilines is 1. The van der Waals surface area contributed by atoms with Gasteiger partial charge in [-0.15, -0.1) is 0 Å². The van der Waals surface area contributed by atoms with Crippen molar-refractivity contribution in [1.29, 1.82) is 0 Å². The van der Waals surface area contributed by atoms with E-state index in [9.17, 15) is 9.59 Å². The van der Waals surface area contributed by atoms with Crippen LogP contribution in [0.15, 0.2) is 35.7 Å². The van der Waals surface area contributed by atoms with Crippen LogP contribution in [-0.4, -0.2) is 68.3 Å². The lowest BCUT2D eigenvalue weighted by Crippen LogP contribution is -2.48. The van der Waals surface area contributed by atoms with E-state index in [2.05, 4.69) is 49.0 Å². The van der Waals surface area contributed by atoms with Gasteiger partial charge in [0, 0.05) is 49.4 Å². The van der Waals surface area contributed by atoms with Crippen molar-refractivity contribution in [3.8, 4) is 11.1 Å². The molecule has 1 aromatic carbocycles. The maximum absolute atomic E-state index is 15.3. The lowest BCUT2D eigenvalue weighted by atomic mass is 10.1. The Morgan fingerprint density at radius 1 is 1.12 bits per heavy atom. The molecule has 0 radical (unpaired) electrons. The highest BCUT2D eigenvalue weighted by Gasteiger charge is 2.37. The van der Waals surface area contributed by atoms with Crippen LogP contribution < -0.4 is 4.90 Å². The Morgan fingerprint density at radius 3 is 2.40 bits per heavy atom. The van der Waals surface area contributed by atoms with E-state index in [4.69, 9.17) is 18.7 Å². The summed E-state index contributed by atoms with van der Waals surface area (Å²) in [7, 11) is -2.01. The van der Waals surface area contributed by atoms with Gasteiger partial charge in [0.2, 0.25) is 5.95 Å². The maximum Gasteiger partial charge on any atom is 0.303 e. The molecule has 1 aliphatic rings. The molecule has 1 fully saturated rings. The Morgan fingerprint density at radius 2 is 1.80 bits per heavy atom. The van der Waals surface area contributed by atoms with Crippen LogP contribution in [0.5, 0.6) is 0 Å². The van der Waals surface area contributed by atoms with Crippen LogP contribution in [-0.2, 0) is 34.9 Å². The third-order valence-corrected chi connectivity index (χ3v) is 11.5. The first-order valence-corrected chi connectivity index (χ1v) is 16.1. The van der Waals surface area contributed by atoms with E-state index in [1.165, 1.54) is 13.8 Å². The van der Waals surface area contributed by atoms with E-state index in [1.54, 1.807) is 24.5 Å². The number of aromatic nitrogens is 2. The molecule has 0 bridgehead atoms. The first-order valence-electron chi connectivity index (χ1n) is 13.2. The van der Waals surface area contributed by atoms with E-state index in [-0.39, 0.29) is 30.7 Å². The van der Waals surface area contributed by atoms with Crippen molar-refractivity contribution < 1.29 is 32.7 Å². The Balaban J connectivity index is 1.52. The molecule has 0 amide bonds. The van der Waals surface area contributed by atoms with Gasteiger partial charge in [0.15, 0.2) is 8.32 Å². The van der Waals surface area contributed by atoms with Gasteiger partial charge in [-0.1, -0.05) is 44.1 Å². The molecule has 3 rings (SSSR count). The lowest BCUT2D eigenvalue weighted by molar-refractivity contribution is -0.157. The van der Waals surface area contributed by atoms with Crippen molar-refractivity contribution in [1.82, 2.24) is 9.97 Å². The molecule has 10 nitrogen and oxygen atoms in total. The fourth-order valence-corrected chi connectivity index (χ4v) is 4.50. The van der Waals surface area contributed by atoms with Crippen LogP contribution in [0, 0.1) is 5.82 Å². The van der Waals surface area contributed by atoms with Crippen molar-refractivity contribution >= 4 is 31.9 Å². The standard InChI is InChI=1S/C28H39FN4O6Si/c1-19(34)36-18-24(39-20(2)35)11-12-37-32-23-15-33(16-23)27-30-13-22(14-31-27)25-10-8-9-21(26(25)29)17-38-40(6,7)28(3,4)5/h8-10,13-14,24H,11-12,15-18H2,1-7H3. The van der Waals surface area contributed by atoms with Gasteiger partial charge in [0.1, 0.15) is 25.1 Å². The summed E-state index contributed by atoms with van der Waals surface area (Å²) in [5, 5.41) is 4.14. The number of halogens is 1. The average molecular weight is 575 g/mol. The van der Waals surface area contributed by atoms with Gasteiger partial charge >= 0.3 is 11.9 Å². The largest absolute Gasteiger partial charge is 0.462 e. The van der Waals surface area contributed by atoms with Gasteiger partial charge in [-0.25, -0.2) is 14.4 Å². The Hall–Kier alpha value is -3.38. The summed E-state index contributed by atoms with van der Waals surface area (Å²) < 4.78 is 31.6. The number of hydrogen-bond acceptors (Lipinski definition) is 10. The summed E-state index contributed by atoms with van der Waals surface area (Å²) in [5.74, 6) is -0.725. The summed E-state index contributed by atoms with van der Waals surface area (Å²) >= 11 is 0. The predicted octanol–water partition coefficient (Wildman–Crippen LogP) is 4.88. The van der Waals surface area contributed by atoms with Crippen LogP contribution in [0.4, 0.5) is 10.3 Å². The highest BCUT2D eigenvalue weighted by molar-refractivity contribution is 6.74. The van der Waals surface area contributed by atoms with E-state index in [0.717, 1.165) is 5.71 Å². The Labute approximate surface area is 236 Å². The summed E-state index contributed by atoms with van der Waals surface area (Å²) in [6.07, 6.45) is 2.96. The molecule has 0 spiro atoms. The third kappa shape index (κ3) is 8.56. The number of nitrogens with zero attached hydrogens (tertiary/aromatic N) is 4. The Kier molecular flexibility index (Phi) is 10.4. The van der Waals surface area contributed by atoms with Gasteiger partial charge < -0.3 is 23.6 Å². The predicted molar refractivity (Wildman–Crippen MR) is 152 cm³/mol. The monoisotopic (exact) mass is 574 g/mol. The van der Waals surface area contributed by atoms with Gasteiger partial charge in [-0.3, -0.25) is 9.59 Å². The number of carbonyl (C=O) groups is 2. The van der Waals surface area contributed by atoms with Crippen molar-refractivity contribution in [2.45, 2.75) is 71.9 Å². The number of rotatable bonds is 12. The van der Waals surface area contributed by atoms with Crippen LogP contribution in [0.2, 0.25) is 18.1 Å². The van der Waals surface area contributed by atoms with Gasteiger partial charge in [0.25, 0.3) is 0 Å². The highest BCUT2D eigenvalue weighted by Crippen LogP contribution is 2.37. The summed E-state index contributed by atoms with van der Waals surface area (Å²) in [6, 6.07) is 5.29. The summed E-state index contributed by atoms with van der Waals surface area (Å²) in [6.45, 7) is 14.7. The zero-order chi connectivity index (χ0) is 29.5. The second-order valence-corrected chi connectivity index (χ2v) is 16.1. The third-order valence-electron chi connectivity index (χ3n) is 6.98. The van der Waals surface area contributed by atoms with E-state index in [0.29, 0.717) is 42.1 Å². The molecular formula is C28H39FN4O6Si. The smallest absolute Gasteiger partial charge is 0.303 e. The topological polar surface area (TPSA) is 112 Å². The first-order chi connectivity index (χ1) is 18.8.